The molecule has 106 valence electrons. The molecular formula is C10H13IN2O6. The van der Waals surface area contributed by atoms with Gasteiger partial charge in [-0.25, -0.2) is 4.79 Å². The summed E-state index contributed by atoms with van der Waals surface area (Å²) in [6, 6.07) is -0.823. The van der Waals surface area contributed by atoms with E-state index in [9.17, 15) is 19.8 Å². The Bertz CT molecular complexity index is 570. The maximum atomic E-state index is 11.7. The summed E-state index contributed by atoms with van der Waals surface area (Å²) in [5.74, 6) is 0. The molecule has 2 rings (SSSR count). The third kappa shape index (κ3) is 2.74. The summed E-state index contributed by atoms with van der Waals surface area (Å²) >= 11 is 1.76. The number of hydrogen-bond acceptors (Lipinski definition) is 6. The Morgan fingerprint density at radius 2 is 2.11 bits per heavy atom. The minimum absolute atomic E-state index is 0.0501. The van der Waals surface area contributed by atoms with E-state index in [0.717, 1.165) is 4.57 Å². The highest BCUT2D eigenvalue weighted by atomic mass is 127. The second-order valence-electron chi connectivity index (χ2n) is 4.25. The fourth-order valence-electron chi connectivity index (χ4n) is 1.98. The maximum absolute atomic E-state index is 11.7. The smallest absolute Gasteiger partial charge is 0.328 e. The predicted octanol–water partition coefficient (Wildman–Crippen LogP) is -2.20. The SMILES string of the molecule is O=c1[nH]c(=O)n([C@@H]2CO[C@H](CO)[C@@H](O)[C@H]2O)cc1I. The van der Waals surface area contributed by atoms with Gasteiger partial charge in [0.05, 0.1) is 22.8 Å². The molecule has 8 nitrogen and oxygen atoms in total. The molecule has 1 saturated heterocycles. The molecule has 4 N–H and O–H groups in total. The minimum atomic E-state index is -1.31. The number of aliphatic hydroxyl groups is 3. The quantitative estimate of drug-likeness (QED) is 0.429. The van der Waals surface area contributed by atoms with Crippen LogP contribution in [0.4, 0.5) is 0 Å². The van der Waals surface area contributed by atoms with Crippen molar-refractivity contribution in [2.45, 2.75) is 24.4 Å². The summed E-state index contributed by atoms with van der Waals surface area (Å²) in [7, 11) is 0. The van der Waals surface area contributed by atoms with E-state index in [1.807, 2.05) is 0 Å². The summed E-state index contributed by atoms with van der Waals surface area (Å²) in [5.41, 5.74) is -1.20. The van der Waals surface area contributed by atoms with Crippen LogP contribution in [0, 0.1) is 3.57 Å². The van der Waals surface area contributed by atoms with E-state index in [1.165, 1.54) is 6.20 Å². The summed E-state index contributed by atoms with van der Waals surface area (Å²) in [6.45, 7) is -0.478. The molecule has 0 aromatic carbocycles. The van der Waals surface area contributed by atoms with Crippen molar-refractivity contribution in [1.82, 2.24) is 9.55 Å². The van der Waals surface area contributed by atoms with E-state index in [0.29, 0.717) is 0 Å². The topological polar surface area (TPSA) is 125 Å². The van der Waals surface area contributed by atoms with Crippen molar-refractivity contribution in [2.75, 3.05) is 13.2 Å². The Balaban J connectivity index is 2.35. The maximum Gasteiger partial charge on any atom is 0.328 e. The van der Waals surface area contributed by atoms with Crippen molar-refractivity contribution in [3.63, 3.8) is 0 Å². The van der Waals surface area contributed by atoms with Crippen LogP contribution in [0.5, 0.6) is 0 Å². The van der Waals surface area contributed by atoms with Crippen LogP contribution in [0.2, 0.25) is 0 Å². The highest BCUT2D eigenvalue weighted by Gasteiger charge is 2.39. The zero-order valence-electron chi connectivity index (χ0n) is 9.69. The van der Waals surface area contributed by atoms with E-state index in [-0.39, 0.29) is 10.2 Å². The van der Waals surface area contributed by atoms with Gasteiger partial charge in [-0.3, -0.25) is 14.3 Å². The summed E-state index contributed by atoms with van der Waals surface area (Å²) in [6.07, 6.45) is -2.17. The van der Waals surface area contributed by atoms with Gasteiger partial charge in [0.25, 0.3) is 5.56 Å². The number of nitrogens with one attached hydrogen (secondary N) is 1. The normalized spacial score (nSPS) is 31.4. The van der Waals surface area contributed by atoms with Gasteiger partial charge in [0, 0.05) is 6.20 Å². The number of aromatic nitrogens is 2. The predicted molar refractivity (Wildman–Crippen MR) is 71.9 cm³/mol. The molecule has 1 aromatic heterocycles. The van der Waals surface area contributed by atoms with Crippen molar-refractivity contribution in [3.8, 4) is 0 Å². The molecule has 0 amide bonds. The Morgan fingerprint density at radius 3 is 2.74 bits per heavy atom. The molecule has 1 aromatic rings. The van der Waals surface area contributed by atoms with Gasteiger partial charge in [0.2, 0.25) is 0 Å². The number of rotatable bonds is 2. The Hall–Kier alpha value is -0.750. The molecule has 19 heavy (non-hydrogen) atoms. The van der Waals surface area contributed by atoms with Crippen molar-refractivity contribution >= 4 is 22.6 Å². The van der Waals surface area contributed by atoms with Crippen LogP contribution >= 0.6 is 22.6 Å². The monoisotopic (exact) mass is 384 g/mol. The molecule has 0 unspecified atom stereocenters. The van der Waals surface area contributed by atoms with Crippen LogP contribution < -0.4 is 11.2 Å². The molecule has 0 saturated carbocycles. The highest BCUT2D eigenvalue weighted by molar-refractivity contribution is 14.1. The minimum Gasteiger partial charge on any atom is -0.394 e. The van der Waals surface area contributed by atoms with Crippen LogP contribution in [0.1, 0.15) is 6.04 Å². The van der Waals surface area contributed by atoms with Gasteiger partial charge in [-0.15, -0.1) is 0 Å². The summed E-state index contributed by atoms with van der Waals surface area (Å²) < 4.78 is 6.58. The van der Waals surface area contributed by atoms with Crippen molar-refractivity contribution in [1.29, 1.82) is 0 Å². The fraction of sp³-hybridized carbons (Fsp3) is 0.600. The molecular weight excluding hydrogens is 371 g/mol. The van der Waals surface area contributed by atoms with Gasteiger partial charge in [0.1, 0.15) is 18.3 Å². The average molecular weight is 384 g/mol. The lowest BCUT2D eigenvalue weighted by molar-refractivity contribution is -0.170. The van der Waals surface area contributed by atoms with Gasteiger partial charge < -0.3 is 20.1 Å². The standard InChI is InChI=1S/C10H13IN2O6/c11-4-1-13(10(18)12-9(4)17)5-3-19-6(2-14)8(16)7(5)15/h1,5-8,14-16H,2-3H2,(H,12,17,18)/t5-,6-,7+,8-/m1/s1. The molecule has 0 radical (unpaired) electrons. The first-order valence-electron chi connectivity index (χ1n) is 5.55. The van der Waals surface area contributed by atoms with Crippen LogP contribution in [0.25, 0.3) is 0 Å². The lowest BCUT2D eigenvalue weighted by Gasteiger charge is -2.37. The van der Waals surface area contributed by atoms with E-state index >= 15 is 0 Å². The molecule has 9 heteroatoms. The Kier molecular flexibility index (Phi) is 4.40. The highest BCUT2D eigenvalue weighted by Crippen LogP contribution is 2.23. The number of aromatic amines is 1. The van der Waals surface area contributed by atoms with Gasteiger partial charge in [0.15, 0.2) is 0 Å². The molecule has 1 aliphatic rings. The van der Waals surface area contributed by atoms with Gasteiger partial charge in [-0.2, -0.15) is 0 Å². The van der Waals surface area contributed by atoms with Crippen LogP contribution in [0.15, 0.2) is 15.8 Å². The molecule has 0 bridgehead atoms. The molecule has 2 heterocycles. The lowest BCUT2D eigenvalue weighted by atomic mass is 9.98. The van der Waals surface area contributed by atoms with E-state index in [1.54, 1.807) is 22.6 Å². The molecule has 1 aliphatic heterocycles. The second kappa shape index (κ2) is 5.71. The van der Waals surface area contributed by atoms with E-state index in [4.69, 9.17) is 9.84 Å². The summed E-state index contributed by atoms with van der Waals surface area (Å²) in [4.78, 5) is 25.1. The van der Waals surface area contributed by atoms with Gasteiger partial charge in [-0.05, 0) is 22.6 Å². The van der Waals surface area contributed by atoms with Gasteiger partial charge >= 0.3 is 5.69 Å². The van der Waals surface area contributed by atoms with Crippen LogP contribution in [0.3, 0.4) is 0 Å². The zero-order chi connectivity index (χ0) is 14.2. The molecule has 0 spiro atoms. The third-order valence-electron chi connectivity index (χ3n) is 3.07. The first-order chi connectivity index (χ1) is 8.95. The summed E-state index contributed by atoms with van der Waals surface area (Å²) in [5, 5.41) is 28.7. The Morgan fingerprint density at radius 1 is 1.42 bits per heavy atom. The number of H-pyrrole nitrogens is 1. The number of aliphatic hydroxyl groups excluding tert-OH is 3. The number of hydrogen-bond donors (Lipinski definition) is 4. The van der Waals surface area contributed by atoms with E-state index < -0.39 is 42.2 Å². The van der Waals surface area contributed by atoms with Crippen molar-refractivity contribution in [2.24, 2.45) is 0 Å². The van der Waals surface area contributed by atoms with Crippen LogP contribution in [-0.2, 0) is 4.74 Å². The first kappa shape index (κ1) is 14.7. The van der Waals surface area contributed by atoms with E-state index in [2.05, 4.69) is 4.98 Å². The zero-order valence-corrected chi connectivity index (χ0v) is 11.9. The lowest BCUT2D eigenvalue weighted by Crippen LogP contribution is -2.54. The number of halogens is 1. The van der Waals surface area contributed by atoms with Crippen molar-refractivity contribution in [3.05, 3.63) is 30.6 Å². The largest absolute Gasteiger partial charge is 0.394 e. The van der Waals surface area contributed by atoms with Crippen LogP contribution in [-0.4, -0.2) is 56.4 Å². The average Bonchev–Trinajstić information content (AvgIpc) is 2.37. The Labute approximate surface area is 120 Å². The molecule has 4 atom stereocenters. The fourth-order valence-corrected chi connectivity index (χ4v) is 2.41. The van der Waals surface area contributed by atoms with Gasteiger partial charge in [-0.1, -0.05) is 0 Å². The molecule has 0 aliphatic carbocycles. The first-order valence-corrected chi connectivity index (χ1v) is 6.63. The third-order valence-corrected chi connectivity index (χ3v) is 3.84. The number of ether oxygens (including phenoxy) is 1. The molecule has 1 fully saturated rings. The van der Waals surface area contributed by atoms with Crippen molar-refractivity contribution < 1.29 is 20.1 Å². The number of nitrogens with zero attached hydrogens (tertiary/aromatic N) is 1. The second-order valence-corrected chi connectivity index (χ2v) is 5.41.